The molecular weight excluding hydrogens is 591 g/mol. The van der Waals surface area contributed by atoms with E-state index in [1.165, 1.54) is 30.1 Å². The molecule has 0 unspecified atom stereocenters. The van der Waals surface area contributed by atoms with E-state index in [2.05, 4.69) is 5.32 Å². The van der Waals surface area contributed by atoms with Crippen molar-refractivity contribution >= 4 is 62.8 Å². The molecule has 0 saturated carbocycles. The molecule has 0 fully saturated rings. The van der Waals surface area contributed by atoms with Crippen LogP contribution in [-0.2, 0) is 21.3 Å². The molecule has 0 saturated heterocycles. The number of alkyl carbamates (subject to hydrolysis) is 1. The maximum Gasteiger partial charge on any atom is 0.415 e. The fraction of sp³-hybridized carbons (Fsp3) is 0.160. The molecule has 14 heteroatoms. The first kappa shape index (κ1) is 30.2. The van der Waals surface area contributed by atoms with Crippen LogP contribution in [-0.4, -0.2) is 48.8 Å². The van der Waals surface area contributed by atoms with Crippen molar-refractivity contribution in [3.63, 3.8) is 0 Å². The molecule has 3 aromatic carbocycles. The SMILES string of the molecule is CN(Cc1cccc(C(=N)NC(=O)OCC(Cl)(Cl)Cl)c1)C(=O)Oc1ccc(-c2ccccc2S(N)(=O)=O)cc1. The van der Waals surface area contributed by atoms with E-state index < -0.39 is 32.6 Å². The predicted molar refractivity (Wildman–Crippen MR) is 149 cm³/mol. The second-order valence-electron chi connectivity index (χ2n) is 8.18. The maximum absolute atomic E-state index is 12.6. The van der Waals surface area contributed by atoms with Crippen molar-refractivity contribution in [2.45, 2.75) is 15.2 Å². The van der Waals surface area contributed by atoms with Crippen LogP contribution in [0.3, 0.4) is 0 Å². The number of amides is 2. The summed E-state index contributed by atoms with van der Waals surface area (Å²) in [6.45, 7) is -0.354. The number of ether oxygens (including phenoxy) is 2. The van der Waals surface area contributed by atoms with Gasteiger partial charge in [0.1, 0.15) is 18.2 Å². The van der Waals surface area contributed by atoms with E-state index in [0.29, 0.717) is 22.3 Å². The van der Waals surface area contributed by atoms with Gasteiger partial charge >= 0.3 is 12.2 Å². The summed E-state index contributed by atoms with van der Waals surface area (Å²) in [6.07, 6.45) is -1.61. The number of carbonyl (C=O) groups excluding carboxylic acids is 2. The molecule has 10 nitrogen and oxygen atoms in total. The highest BCUT2D eigenvalue weighted by molar-refractivity contribution is 7.89. The van der Waals surface area contributed by atoms with Crippen molar-refractivity contribution in [2.24, 2.45) is 5.14 Å². The summed E-state index contributed by atoms with van der Waals surface area (Å²) in [5.74, 6) is -0.00252. The number of primary sulfonamides is 1. The number of hydrogen-bond donors (Lipinski definition) is 3. The van der Waals surface area contributed by atoms with Gasteiger partial charge in [-0.3, -0.25) is 10.7 Å². The van der Waals surface area contributed by atoms with E-state index in [1.807, 2.05) is 0 Å². The molecule has 0 aliphatic heterocycles. The average molecular weight is 614 g/mol. The molecule has 39 heavy (non-hydrogen) atoms. The molecule has 0 bridgehead atoms. The highest BCUT2D eigenvalue weighted by atomic mass is 35.6. The van der Waals surface area contributed by atoms with E-state index >= 15 is 0 Å². The molecule has 0 aliphatic rings. The third kappa shape index (κ3) is 9.12. The molecule has 206 valence electrons. The van der Waals surface area contributed by atoms with Gasteiger partial charge in [-0.1, -0.05) is 83.3 Å². The van der Waals surface area contributed by atoms with Crippen LogP contribution in [0, 0.1) is 5.41 Å². The van der Waals surface area contributed by atoms with Crippen LogP contribution in [0.2, 0.25) is 0 Å². The number of nitrogens with one attached hydrogen (secondary N) is 2. The lowest BCUT2D eigenvalue weighted by molar-refractivity contribution is 0.154. The van der Waals surface area contributed by atoms with Gasteiger partial charge in [-0.15, -0.1) is 0 Å². The summed E-state index contributed by atoms with van der Waals surface area (Å²) >= 11 is 16.6. The summed E-state index contributed by atoms with van der Waals surface area (Å²) in [5, 5.41) is 15.6. The predicted octanol–water partition coefficient (Wildman–Crippen LogP) is 5.05. The van der Waals surface area contributed by atoms with Crippen LogP contribution < -0.4 is 15.2 Å². The zero-order valence-electron chi connectivity index (χ0n) is 20.4. The summed E-state index contributed by atoms with van der Waals surface area (Å²) in [7, 11) is -2.39. The van der Waals surface area contributed by atoms with E-state index in [9.17, 15) is 18.0 Å². The Hall–Kier alpha value is -3.35. The lowest BCUT2D eigenvalue weighted by atomic mass is 10.1. The van der Waals surface area contributed by atoms with Crippen molar-refractivity contribution in [3.8, 4) is 16.9 Å². The quantitative estimate of drug-likeness (QED) is 0.193. The zero-order valence-corrected chi connectivity index (χ0v) is 23.4. The van der Waals surface area contributed by atoms with Gasteiger partial charge < -0.3 is 14.4 Å². The number of amidine groups is 1. The number of alkyl halides is 3. The van der Waals surface area contributed by atoms with Crippen LogP contribution >= 0.6 is 34.8 Å². The van der Waals surface area contributed by atoms with Crippen LogP contribution in [0.1, 0.15) is 11.1 Å². The van der Waals surface area contributed by atoms with Gasteiger partial charge in [0.25, 0.3) is 0 Å². The summed E-state index contributed by atoms with van der Waals surface area (Å²) in [6, 6.07) is 19.2. The zero-order chi connectivity index (χ0) is 28.8. The van der Waals surface area contributed by atoms with Gasteiger partial charge in [0.2, 0.25) is 13.8 Å². The number of carbonyl (C=O) groups is 2. The Morgan fingerprint density at radius 2 is 1.69 bits per heavy atom. The molecule has 0 radical (unpaired) electrons. The fourth-order valence-electron chi connectivity index (χ4n) is 3.36. The van der Waals surface area contributed by atoms with Crippen molar-refractivity contribution in [2.75, 3.05) is 13.7 Å². The number of nitrogens with two attached hydrogens (primary N) is 1. The standard InChI is InChI=1S/C25H23Cl3N4O6S/c1-32(14-16-5-4-6-18(13-16)22(29)31-23(33)37-15-25(26,27)28)24(34)38-19-11-9-17(10-12-19)20-7-2-3-8-21(20)39(30,35)36/h2-13H,14-15H2,1H3,(H2,29,31,33)(H2,30,35,36). The monoisotopic (exact) mass is 612 g/mol. The highest BCUT2D eigenvalue weighted by Crippen LogP contribution is 2.28. The van der Waals surface area contributed by atoms with Gasteiger partial charge in [-0.2, -0.15) is 0 Å². The van der Waals surface area contributed by atoms with Gasteiger partial charge in [0, 0.05) is 24.7 Å². The van der Waals surface area contributed by atoms with Crippen molar-refractivity contribution in [1.82, 2.24) is 10.2 Å². The lowest BCUT2D eigenvalue weighted by Crippen LogP contribution is -2.33. The third-order valence-electron chi connectivity index (χ3n) is 5.11. The Morgan fingerprint density at radius 1 is 1.03 bits per heavy atom. The Morgan fingerprint density at radius 3 is 2.33 bits per heavy atom. The van der Waals surface area contributed by atoms with Gasteiger partial charge in [-0.05, 0) is 35.4 Å². The number of sulfonamides is 1. The molecule has 0 heterocycles. The van der Waals surface area contributed by atoms with Gasteiger partial charge in [-0.25, -0.2) is 23.1 Å². The van der Waals surface area contributed by atoms with E-state index in [1.54, 1.807) is 54.6 Å². The minimum absolute atomic E-state index is 0.0142. The maximum atomic E-state index is 12.6. The first-order valence-corrected chi connectivity index (χ1v) is 13.7. The lowest BCUT2D eigenvalue weighted by Gasteiger charge is -2.18. The van der Waals surface area contributed by atoms with Gasteiger partial charge in [0.05, 0.1) is 4.90 Å². The molecule has 0 aromatic heterocycles. The fourth-order valence-corrected chi connectivity index (χ4v) is 4.28. The molecule has 3 aromatic rings. The van der Waals surface area contributed by atoms with E-state index in [0.717, 1.165) is 0 Å². The second-order valence-corrected chi connectivity index (χ2v) is 12.2. The Bertz CT molecular complexity index is 1480. The number of hydrogen-bond acceptors (Lipinski definition) is 7. The molecule has 0 atom stereocenters. The molecule has 0 spiro atoms. The topological polar surface area (TPSA) is 152 Å². The number of halogens is 3. The second kappa shape index (κ2) is 12.7. The number of nitrogens with zero attached hydrogens (tertiary/aromatic N) is 1. The molecule has 3 rings (SSSR count). The third-order valence-corrected chi connectivity index (χ3v) is 6.40. The minimum Gasteiger partial charge on any atom is -0.445 e. The van der Waals surface area contributed by atoms with Crippen LogP contribution in [0.5, 0.6) is 5.75 Å². The van der Waals surface area contributed by atoms with Crippen molar-refractivity contribution < 1.29 is 27.5 Å². The first-order chi connectivity index (χ1) is 18.2. The highest BCUT2D eigenvalue weighted by Gasteiger charge is 2.22. The summed E-state index contributed by atoms with van der Waals surface area (Å²) < 4.78 is 32.2. The average Bonchev–Trinajstić information content (AvgIpc) is 2.87. The normalized spacial score (nSPS) is 11.4. The van der Waals surface area contributed by atoms with E-state index in [-0.39, 0.29) is 23.0 Å². The first-order valence-electron chi connectivity index (χ1n) is 11.1. The van der Waals surface area contributed by atoms with E-state index in [4.69, 9.17) is 54.8 Å². The Kier molecular flexibility index (Phi) is 9.81. The summed E-state index contributed by atoms with van der Waals surface area (Å²) in [5.41, 5.74) is 2.02. The van der Waals surface area contributed by atoms with Gasteiger partial charge in [0.15, 0.2) is 0 Å². The molecule has 4 N–H and O–H groups in total. The Labute approximate surface area is 240 Å². The Balaban J connectivity index is 1.61. The molecule has 0 aliphatic carbocycles. The largest absolute Gasteiger partial charge is 0.445 e. The molecular formula is C25H23Cl3N4O6S. The van der Waals surface area contributed by atoms with Crippen molar-refractivity contribution in [3.05, 3.63) is 83.9 Å². The molecule has 2 amide bonds. The number of rotatable bonds is 7. The smallest absolute Gasteiger partial charge is 0.415 e. The van der Waals surface area contributed by atoms with Crippen LogP contribution in [0.25, 0.3) is 11.1 Å². The number of benzene rings is 3. The van der Waals surface area contributed by atoms with Crippen LogP contribution in [0.15, 0.2) is 77.7 Å². The minimum atomic E-state index is -3.92. The van der Waals surface area contributed by atoms with Crippen molar-refractivity contribution in [1.29, 1.82) is 5.41 Å². The summed E-state index contributed by atoms with van der Waals surface area (Å²) in [4.78, 5) is 25.7. The van der Waals surface area contributed by atoms with Crippen LogP contribution in [0.4, 0.5) is 9.59 Å².